The second kappa shape index (κ2) is 4.83. The van der Waals surface area contributed by atoms with Crippen LogP contribution in [0.3, 0.4) is 0 Å². The predicted octanol–water partition coefficient (Wildman–Crippen LogP) is 5.06. The maximum Gasteiger partial charge on any atom is 0.0980 e. The lowest BCUT2D eigenvalue weighted by atomic mass is 10.1. The minimum atomic E-state index is 0.884. The van der Waals surface area contributed by atoms with Gasteiger partial charge in [-0.05, 0) is 29.7 Å². The van der Waals surface area contributed by atoms with Crippen molar-refractivity contribution in [3.63, 3.8) is 0 Å². The molecule has 0 saturated heterocycles. The van der Waals surface area contributed by atoms with E-state index in [0.29, 0.717) is 0 Å². The average Bonchev–Trinajstić information content (AvgIpc) is 2.99. The minimum Gasteiger partial charge on any atom is -0.264 e. The molecule has 4 heteroatoms. The van der Waals surface area contributed by atoms with Crippen molar-refractivity contribution in [2.24, 2.45) is 0 Å². The fourth-order valence-electron chi connectivity index (χ4n) is 2.96. The smallest absolute Gasteiger partial charge is 0.0980 e. The van der Waals surface area contributed by atoms with E-state index >= 15 is 0 Å². The lowest BCUT2D eigenvalue weighted by Crippen LogP contribution is -1.89. The summed E-state index contributed by atoms with van der Waals surface area (Å²) in [5.74, 6) is 0. The molecule has 0 atom stereocenters. The summed E-state index contributed by atoms with van der Waals surface area (Å²) in [6.07, 6.45) is 7.44. The summed E-state index contributed by atoms with van der Waals surface area (Å²) >= 11 is 1.79. The number of benzene rings is 1. The van der Waals surface area contributed by atoms with Gasteiger partial charge in [0.05, 0.1) is 11.4 Å². The number of rotatable bonds is 1. The Bertz CT molecular complexity index is 1170. The Morgan fingerprint density at radius 3 is 2.65 bits per heavy atom. The summed E-state index contributed by atoms with van der Waals surface area (Å²) < 4.78 is 2.52. The van der Waals surface area contributed by atoms with Crippen LogP contribution >= 0.6 is 11.3 Å². The van der Waals surface area contributed by atoms with Crippen molar-refractivity contribution in [2.45, 2.75) is 0 Å². The zero-order valence-electron chi connectivity index (χ0n) is 12.1. The Kier molecular flexibility index (Phi) is 2.66. The third-order valence-electron chi connectivity index (χ3n) is 4.07. The standard InChI is InChI=1S/C19H11N3S/c1-2-4-17-13(3-1)15-11-22-16(9-18(15)23-17)19-14-10-20-7-5-12(14)6-8-21-19/h1-11H. The quantitative estimate of drug-likeness (QED) is 0.434. The van der Waals surface area contributed by atoms with Gasteiger partial charge in [-0.3, -0.25) is 15.0 Å². The normalized spacial score (nSPS) is 11.5. The van der Waals surface area contributed by atoms with E-state index < -0.39 is 0 Å². The number of fused-ring (bicyclic) bond motifs is 4. The molecule has 0 bridgehead atoms. The van der Waals surface area contributed by atoms with Crippen molar-refractivity contribution in [2.75, 3.05) is 0 Å². The second-order valence-corrected chi connectivity index (χ2v) is 6.50. The van der Waals surface area contributed by atoms with Gasteiger partial charge in [-0.15, -0.1) is 11.3 Å². The maximum atomic E-state index is 4.67. The highest BCUT2D eigenvalue weighted by Crippen LogP contribution is 2.35. The monoisotopic (exact) mass is 313 g/mol. The van der Waals surface area contributed by atoms with Crippen LogP contribution in [0.15, 0.2) is 67.3 Å². The van der Waals surface area contributed by atoms with Crippen LogP contribution in [0.5, 0.6) is 0 Å². The summed E-state index contributed by atoms with van der Waals surface area (Å²) in [7, 11) is 0. The van der Waals surface area contributed by atoms with E-state index in [9.17, 15) is 0 Å². The first-order valence-corrected chi connectivity index (χ1v) is 8.18. The van der Waals surface area contributed by atoms with Gasteiger partial charge in [-0.1, -0.05) is 18.2 Å². The Hall–Kier alpha value is -2.85. The number of hydrogen-bond donors (Lipinski definition) is 0. The van der Waals surface area contributed by atoms with Gasteiger partial charge in [0.15, 0.2) is 0 Å². The first kappa shape index (κ1) is 12.7. The van der Waals surface area contributed by atoms with Crippen LogP contribution in [0.2, 0.25) is 0 Å². The lowest BCUT2D eigenvalue weighted by molar-refractivity contribution is 1.27. The van der Waals surface area contributed by atoms with E-state index in [2.05, 4.69) is 45.3 Å². The molecule has 0 radical (unpaired) electrons. The van der Waals surface area contributed by atoms with Crippen LogP contribution in [0.4, 0.5) is 0 Å². The Morgan fingerprint density at radius 2 is 1.65 bits per heavy atom. The molecule has 0 aliphatic rings. The molecule has 4 heterocycles. The Morgan fingerprint density at radius 1 is 0.739 bits per heavy atom. The molecule has 0 spiro atoms. The summed E-state index contributed by atoms with van der Waals surface area (Å²) in [6, 6.07) is 14.6. The molecule has 0 unspecified atom stereocenters. The zero-order chi connectivity index (χ0) is 15.2. The highest BCUT2D eigenvalue weighted by Gasteiger charge is 2.10. The Balaban J connectivity index is 1.81. The summed E-state index contributed by atoms with van der Waals surface area (Å²) in [5.41, 5.74) is 1.78. The van der Waals surface area contributed by atoms with Gasteiger partial charge in [0, 0.05) is 50.3 Å². The van der Waals surface area contributed by atoms with Gasteiger partial charge < -0.3 is 0 Å². The molecule has 0 aliphatic heterocycles. The number of pyridine rings is 3. The largest absolute Gasteiger partial charge is 0.264 e. The topological polar surface area (TPSA) is 38.7 Å². The average molecular weight is 313 g/mol. The van der Waals surface area contributed by atoms with E-state index in [-0.39, 0.29) is 0 Å². The number of aromatic nitrogens is 3. The first-order valence-electron chi connectivity index (χ1n) is 7.36. The lowest BCUT2D eigenvalue weighted by Gasteiger charge is -2.04. The maximum absolute atomic E-state index is 4.67. The molecule has 1 aromatic carbocycles. The van der Waals surface area contributed by atoms with Crippen molar-refractivity contribution in [3.8, 4) is 11.4 Å². The van der Waals surface area contributed by atoms with Crippen molar-refractivity contribution in [3.05, 3.63) is 67.3 Å². The van der Waals surface area contributed by atoms with Crippen LogP contribution in [-0.2, 0) is 0 Å². The molecule has 0 amide bonds. The SMILES string of the molecule is c1ccc2c(c1)sc1cc(-c3nccc4ccncc34)ncc12. The van der Waals surface area contributed by atoms with Crippen LogP contribution < -0.4 is 0 Å². The molecule has 0 saturated carbocycles. The molecule has 4 aromatic heterocycles. The van der Waals surface area contributed by atoms with Crippen LogP contribution in [-0.4, -0.2) is 15.0 Å². The molecule has 3 nitrogen and oxygen atoms in total. The van der Waals surface area contributed by atoms with Gasteiger partial charge >= 0.3 is 0 Å². The third-order valence-corrected chi connectivity index (χ3v) is 5.21. The van der Waals surface area contributed by atoms with Gasteiger partial charge in [0.1, 0.15) is 0 Å². The molecule has 108 valence electrons. The van der Waals surface area contributed by atoms with Crippen LogP contribution in [0.1, 0.15) is 0 Å². The highest BCUT2D eigenvalue weighted by molar-refractivity contribution is 7.25. The summed E-state index contributed by atoms with van der Waals surface area (Å²) in [5, 5.41) is 4.62. The fourth-order valence-corrected chi connectivity index (χ4v) is 4.08. The van der Waals surface area contributed by atoms with Crippen molar-refractivity contribution in [1.29, 1.82) is 0 Å². The second-order valence-electron chi connectivity index (χ2n) is 5.42. The van der Waals surface area contributed by atoms with Crippen molar-refractivity contribution in [1.82, 2.24) is 15.0 Å². The van der Waals surface area contributed by atoms with Crippen molar-refractivity contribution < 1.29 is 0 Å². The number of nitrogens with zero attached hydrogens (tertiary/aromatic N) is 3. The predicted molar refractivity (Wildman–Crippen MR) is 95.7 cm³/mol. The fraction of sp³-hybridized carbons (Fsp3) is 0. The summed E-state index contributed by atoms with van der Waals surface area (Å²) in [4.78, 5) is 13.4. The molecular weight excluding hydrogens is 302 g/mol. The molecular formula is C19H11N3S. The first-order chi connectivity index (χ1) is 11.4. The van der Waals surface area contributed by atoms with E-state index in [0.717, 1.165) is 22.2 Å². The number of thiophene rings is 1. The summed E-state index contributed by atoms with van der Waals surface area (Å²) in [6.45, 7) is 0. The number of hydrogen-bond acceptors (Lipinski definition) is 4. The van der Waals surface area contributed by atoms with Gasteiger partial charge in [0.2, 0.25) is 0 Å². The third kappa shape index (κ3) is 1.92. The van der Waals surface area contributed by atoms with Gasteiger partial charge in [-0.2, -0.15) is 0 Å². The van der Waals surface area contributed by atoms with E-state index in [1.165, 1.54) is 20.2 Å². The van der Waals surface area contributed by atoms with Crippen LogP contribution in [0, 0.1) is 0 Å². The molecule has 5 aromatic rings. The van der Waals surface area contributed by atoms with E-state index in [4.69, 9.17) is 0 Å². The molecule has 0 N–H and O–H groups in total. The van der Waals surface area contributed by atoms with Crippen LogP contribution in [0.25, 0.3) is 42.3 Å². The highest BCUT2D eigenvalue weighted by atomic mass is 32.1. The van der Waals surface area contributed by atoms with Gasteiger partial charge in [-0.25, -0.2) is 0 Å². The molecule has 0 fully saturated rings. The minimum absolute atomic E-state index is 0.884. The van der Waals surface area contributed by atoms with Crippen molar-refractivity contribution >= 4 is 42.3 Å². The van der Waals surface area contributed by atoms with E-state index in [1.54, 1.807) is 17.5 Å². The molecule has 0 aliphatic carbocycles. The zero-order valence-corrected chi connectivity index (χ0v) is 12.9. The molecule has 23 heavy (non-hydrogen) atoms. The Labute approximate surface area is 136 Å². The van der Waals surface area contributed by atoms with Gasteiger partial charge in [0.25, 0.3) is 0 Å². The molecule has 5 rings (SSSR count). The van der Waals surface area contributed by atoms with E-state index in [1.807, 2.05) is 30.7 Å².